The van der Waals surface area contributed by atoms with Crippen molar-refractivity contribution in [3.05, 3.63) is 29.8 Å². The molecule has 26 heavy (non-hydrogen) atoms. The molecule has 0 aliphatic carbocycles. The van der Waals surface area contributed by atoms with Crippen LogP contribution in [-0.2, 0) is 19.1 Å². The Bertz CT molecular complexity index is 772. The zero-order valence-corrected chi connectivity index (χ0v) is 16.9. The third-order valence-corrected chi connectivity index (χ3v) is 4.51. The SMILES string of the molecule is COC(=O)C(CC#Cc1ccccc1N)(CC#C[Si](C)(C)C)C(=O)OC. The number of esters is 2. The lowest BCUT2D eigenvalue weighted by Crippen LogP contribution is -2.41. The molecule has 1 rings (SSSR count). The minimum absolute atomic E-state index is 0.00440. The average Bonchev–Trinajstić information content (AvgIpc) is 2.59. The molecule has 1 aromatic rings. The van der Waals surface area contributed by atoms with Crippen molar-refractivity contribution in [3.8, 4) is 23.3 Å². The predicted octanol–water partition coefficient (Wildman–Crippen LogP) is 2.61. The minimum atomic E-state index is -1.66. The van der Waals surface area contributed by atoms with Crippen LogP contribution in [0.2, 0.25) is 19.6 Å². The van der Waals surface area contributed by atoms with Crippen molar-refractivity contribution in [2.45, 2.75) is 32.5 Å². The van der Waals surface area contributed by atoms with Gasteiger partial charge in [0.2, 0.25) is 0 Å². The molecule has 0 saturated carbocycles. The molecule has 0 spiro atoms. The highest BCUT2D eigenvalue weighted by Gasteiger charge is 2.47. The summed E-state index contributed by atoms with van der Waals surface area (Å²) >= 11 is 0. The summed E-state index contributed by atoms with van der Waals surface area (Å²) in [6.45, 7) is 6.24. The molecule has 0 unspecified atom stereocenters. The van der Waals surface area contributed by atoms with Crippen LogP contribution in [0.4, 0.5) is 5.69 Å². The number of nitrogen functional groups attached to an aromatic ring is 1. The Labute approximate surface area is 156 Å². The van der Waals surface area contributed by atoms with E-state index in [1.54, 1.807) is 18.2 Å². The number of ether oxygens (including phenoxy) is 2. The number of para-hydroxylation sites is 1. The van der Waals surface area contributed by atoms with Gasteiger partial charge in [0.05, 0.1) is 14.2 Å². The number of hydrogen-bond donors (Lipinski definition) is 1. The molecule has 1 aromatic carbocycles. The molecule has 2 N–H and O–H groups in total. The summed E-state index contributed by atoms with van der Waals surface area (Å²) in [5.41, 5.74) is 8.60. The van der Waals surface area contributed by atoms with Crippen molar-refractivity contribution < 1.29 is 19.1 Å². The topological polar surface area (TPSA) is 78.6 Å². The van der Waals surface area contributed by atoms with Crippen LogP contribution < -0.4 is 5.73 Å². The highest BCUT2D eigenvalue weighted by atomic mass is 28.3. The van der Waals surface area contributed by atoms with Gasteiger partial charge in [-0.1, -0.05) is 43.6 Å². The molecule has 0 heterocycles. The van der Waals surface area contributed by atoms with E-state index in [4.69, 9.17) is 15.2 Å². The number of carbonyl (C=O) groups excluding carboxylic acids is 2. The van der Waals surface area contributed by atoms with E-state index in [2.05, 4.69) is 42.9 Å². The summed E-state index contributed by atoms with van der Waals surface area (Å²) in [6, 6.07) is 7.12. The van der Waals surface area contributed by atoms with Crippen LogP contribution in [0.3, 0.4) is 0 Å². The second-order valence-corrected chi connectivity index (χ2v) is 11.6. The van der Waals surface area contributed by atoms with E-state index in [0.29, 0.717) is 11.3 Å². The zero-order valence-electron chi connectivity index (χ0n) is 15.9. The maximum absolute atomic E-state index is 12.4. The number of anilines is 1. The summed E-state index contributed by atoms with van der Waals surface area (Å²) in [4.78, 5) is 24.9. The Kier molecular flexibility index (Phi) is 7.49. The van der Waals surface area contributed by atoms with Gasteiger partial charge in [-0.15, -0.1) is 11.5 Å². The van der Waals surface area contributed by atoms with E-state index >= 15 is 0 Å². The van der Waals surface area contributed by atoms with Crippen molar-refractivity contribution >= 4 is 25.7 Å². The van der Waals surface area contributed by atoms with Crippen LogP contribution >= 0.6 is 0 Å². The normalized spacial score (nSPS) is 10.7. The summed E-state index contributed by atoms with van der Waals surface area (Å²) in [7, 11) is 0.805. The molecule has 0 fully saturated rings. The lowest BCUT2D eigenvalue weighted by Gasteiger charge is -2.24. The molecule has 0 atom stereocenters. The first-order valence-corrected chi connectivity index (χ1v) is 11.7. The molecular weight excluding hydrogens is 346 g/mol. The number of hydrogen-bond acceptors (Lipinski definition) is 5. The molecule has 0 aliphatic rings. The van der Waals surface area contributed by atoms with Crippen LogP contribution in [0.15, 0.2) is 24.3 Å². The van der Waals surface area contributed by atoms with Gasteiger partial charge in [0, 0.05) is 24.1 Å². The number of methoxy groups -OCH3 is 2. The third-order valence-electron chi connectivity index (χ3n) is 3.58. The molecule has 0 saturated heterocycles. The average molecular weight is 372 g/mol. The summed E-state index contributed by atoms with van der Waals surface area (Å²) in [5.74, 6) is 7.34. The van der Waals surface area contributed by atoms with Gasteiger partial charge in [-0.25, -0.2) is 0 Å². The maximum Gasteiger partial charge on any atom is 0.325 e. The van der Waals surface area contributed by atoms with Gasteiger partial charge in [0.1, 0.15) is 8.07 Å². The quantitative estimate of drug-likeness (QED) is 0.289. The van der Waals surface area contributed by atoms with Crippen LogP contribution in [-0.4, -0.2) is 34.2 Å². The van der Waals surface area contributed by atoms with Gasteiger partial charge >= 0.3 is 11.9 Å². The van der Waals surface area contributed by atoms with Crippen molar-refractivity contribution in [1.82, 2.24) is 0 Å². The molecule has 138 valence electrons. The first kappa shape index (κ1) is 21.3. The molecule has 0 radical (unpaired) electrons. The van der Waals surface area contributed by atoms with E-state index in [1.165, 1.54) is 14.2 Å². The molecule has 0 amide bonds. The fourth-order valence-electron chi connectivity index (χ4n) is 2.19. The Hall–Kier alpha value is -2.70. The maximum atomic E-state index is 12.4. The van der Waals surface area contributed by atoms with Gasteiger partial charge in [-0.2, -0.15) is 0 Å². The van der Waals surface area contributed by atoms with Crippen molar-refractivity contribution in [2.75, 3.05) is 20.0 Å². The summed E-state index contributed by atoms with van der Waals surface area (Å²) in [5, 5.41) is 0. The standard InChI is InChI=1S/C20H25NO4Si/c1-24-18(22)20(19(23)25-2,14-9-15-26(3,4)5)13-8-11-16-10-6-7-12-17(16)21/h6-7,10,12H,13-14,21H2,1-5H3. The van der Waals surface area contributed by atoms with Crippen molar-refractivity contribution in [3.63, 3.8) is 0 Å². The Morgan fingerprint density at radius 3 is 2.08 bits per heavy atom. The monoisotopic (exact) mass is 371 g/mol. The first-order chi connectivity index (χ1) is 12.2. The largest absolute Gasteiger partial charge is 0.468 e. The smallest absolute Gasteiger partial charge is 0.325 e. The van der Waals surface area contributed by atoms with Gasteiger partial charge in [-0.3, -0.25) is 9.59 Å². The highest BCUT2D eigenvalue weighted by Crippen LogP contribution is 2.30. The van der Waals surface area contributed by atoms with E-state index in [0.717, 1.165) is 0 Å². The van der Waals surface area contributed by atoms with Crippen LogP contribution in [0.1, 0.15) is 18.4 Å². The first-order valence-electron chi connectivity index (χ1n) is 8.16. The molecule has 0 bridgehead atoms. The lowest BCUT2D eigenvalue weighted by atomic mass is 9.81. The zero-order chi connectivity index (χ0) is 19.8. The van der Waals surface area contributed by atoms with E-state index in [9.17, 15) is 9.59 Å². The Morgan fingerprint density at radius 2 is 1.58 bits per heavy atom. The molecule has 0 aromatic heterocycles. The predicted molar refractivity (Wildman–Crippen MR) is 105 cm³/mol. The Balaban J connectivity index is 3.25. The van der Waals surface area contributed by atoms with E-state index in [1.807, 2.05) is 6.07 Å². The molecular formula is C20H25NO4Si. The number of nitrogens with two attached hydrogens (primary N) is 1. The van der Waals surface area contributed by atoms with Crippen LogP contribution in [0, 0.1) is 28.7 Å². The fourth-order valence-corrected chi connectivity index (χ4v) is 2.81. The van der Waals surface area contributed by atoms with Gasteiger partial charge in [0.25, 0.3) is 0 Å². The van der Waals surface area contributed by atoms with E-state index < -0.39 is 25.4 Å². The van der Waals surface area contributed by atoms with Crippen molar-refractivity contribution in [1.29, 1.82) is 0 Å². The molecule has 5 nitrogen and oxygen atoms in total. The highest BCUT2D eigenvalue weighted by molar-refractivity contribution is 6.83. The van der Waals surface area contributed by atoms with E-state index in [-0.39, 0.29) is 12.8 Å². The second kappa shape index (κ2) is 9.12. The molecule has 0 aliphatic heterocycles. The lowest BCUT2D eigenvalue weighted by molar-refractivity contribution is -0.168. The number of benzene rings is 1. The number of carbonyl (C=O) groups is 2. The van der Waals surface area contributed by atoms with Crippen LogP contribution in [0.5, 0.6) is 0 Å². The van der Waals surface area contributed by atoms with Gasteiger partial charge in [0.15, 0.2) is 5.41 Å². The fraction of sp³-hybridized carbons (Fsp3) is 0.400. The second-order valence-electron chi connectivity index (χ2n) is 6.86. The summed E-state index contributed by atoms with van der Waals surface area (Å²) < 4.78 is 9.72. The van der Waals surface area contributed by atoms with Crippen molar-refractivity contribution in [2.24, 2.45) is 5.41 Å². The minimum Gasteiger partial charge on any atom is -0.468 e. The summed E-state index contributed by atoms with van der Waals surface area (Å²) in [6.07, 6.45) is -0.0728. The molecule has 6 heteroatoms. The van der Waals surface area contributed by atoms with Crippen LogP contribution in [0.25, 0.3) is 0 Å². The number of rotatable bonds is 4. The van der Waals surface area contributed by atoms with Gasteiger partial charge < -0.3 is 15.2 Å². The Morgan fingerprint density at radius 1 is 1.04 bits per heavy atom. The third kappa shape index (κ3) is 5.68. The van der Waals surface area contributed by atoms with Gasteiger partial charge in [-0.05, 0) is 12.1 Å².